The minimum absolute atomic E-state index is 0.106. The third-order valence-corrected chi connectivity index (χ3v) is 7.24. The first-order valence-electron chi connectivity index (χ1n) is 10.6. The Morgan fingerprint density at radius 2 is 2.00 bits per heavy atom. The number of nitrogens with two attached hydrogens (primary N) is 1. The molecule has 0 aromatic carbocycles. The number of rotatable bonds is 6. The summed E-state index contributed by atoms with van der Waals surface area (Å²) in [6.07, 6.45) is -3.16. The zero-order chi connectivity index (χ0) is 22.8. The largest absolute Gasteiger partial charge is 0.419 e. The summed E-state index contributed by atoms with van der Waals surface area (Å²) in [5.41, 5.74) is 5.06. The standard InChI is InChI=1S/C21H24F5N5O/c1-32-14-8-30(9-14)13-3-12-5-20(12,6-13)17-4-16(29-31(17)10-18(22)23)11-2-15(21(24,25)26)19(27)28-7-11/h2,4,7,12-14,18H,3,5-6,8-10H2,1H3,(H2,27,28)/t12-,13?,20-/m1/s1. The summed E-state index contributed by atoms with van der Waals surface area (Å²) in [6, 6.07) is 2.89. The Labute approximate surface area is 181 Å². The van der Waals surface area contributed by atoms with Gasteiger partial charge in [0, 0.05) is 49.1 Å². The van der Waals surface area contributed by atoms with Crippen LogP contribution in [0.25, 0.3) is 11.3 Å². The number of likely N-dealkylation sites (tertiary alicyclic amines) is 1. The van der Waals surface area contributed by atoms with Crippen LogP contribution in [0.2, 0.25) is 0 Å². The van der Waals surface area contributed by atoms with Crippen molar-refractivity contribution >= 4 is 5.82 Å². The van der Waals surface area contributed by atoms with Crippen molar-refractivity contribution in [3.63, 3.8) is 0 Å². The molecule has 2 aromatic rings. The van der Waals surface area contributed by atoms with Crippen molar-refractivity contribution in [2.75, 3.05) is 25.9 Å². The fraction of sp³-hybridized carbons (Fsp3) is 0.619. The van der Waals surface area contributed by atoms with E-state index in [1.54, 1.807) is 13.2 Å². The molecule has 3 aliphatic rings. The van der Waals surface area contributed by atoms with Crippen LogP contribution < -0.4 is 5.73 Å². The van der Waals surface area contributed by atoms with Crippen molar-refractivity contribution in [3.8, 4) is 11.3 Å². The first-order chi connectivity index (χ1) is 15.1. The maximum absolute atomic E-state index is 13.3. The van der Waals surface area contributed by atoms with E-state index in [4.69, 9.17) is 10.5 Å². The van der Waals surface area contributed by atoms with Crippen LogP contribution in [0.1, 0.15) is 30.5 Å². The van der Waals surface area contributed by atoms with Gasteiger partial charge >= 0.3 is 6.18 Å². The molecule has 32 heavy (non-hydrogen) atoms. The van der Waals surface area contributed by atoms with Gasteiger partial charge in [0.1, 0.15) is 12.4 Å². The van der Waals surface area contributed by atoms with Crippen molar-refractivity contribution in [3.05, 3.63) is 29.6 Å². The van der Waals surface area contributed by atoms with Gasteiger partial charge in [0.15, 0.2) is 0 Å². The van der Waals surface area contributed by atoms with E-state index in [0.29, 0.717) is 17.7 Å². The maximum atomic E-state index is 13.3. The van der Waals surface area contributed by atoms with Gasteiger partial charge in [-0.1, -0.05) is 0 Å². The Bertz CT molecular complexity index is 1020. The second-order valence-electron chi connectivity index (χ2n) is 9.11. The number of fused-ring (bicyclic) bond motifs is 1. The zero-order valence-corrected chi connectivity index (χ0v) is 17.4. The third kappa shape index (κ3) is 3.55. The van der Waals surface area contributed by atoms with Crippen LogP contribution in [0, 0.1) is 5.92 Å². The molecule has 0 radical (unpaired) electrons. The van der Waals surface area contributed by atoms with Crippen LogP contribution in [0.5, 0.6) is 0 Å². The predicted molar refractivity (Wildman–Crippen MR) is 106 cm³/mol. The monoisotopic (exact) mass is 457 g/mol. The summed E-state index contributed by atoms with van der Waals surface area (Å²) in [6.45, 7) is 1.13. The molecule has 0 bridgehead atoms. The summed E-state index contributed by atoms with van der Waals surface area (Å²) < 4.78 is 73.0. The predicted octanol–water partition coefficient (Wildman–Crippen LogP) is 3.56. The third-order valence-electron chi connectivity index (χ3n) is 7.24. The number of alkyl halides is 5. The summed E-state index contributed by atoms with van der Waals surface area (Å²) in [5, 5.41) is 4.27. The molecule has 11 heteroatoms. The Hall–Kier alpha value is -2.27. The molecule has 5 rings (SSSR count). The quantitative estimate of drug-likeness (QED) is 0.672. The van der Waals surface area contributed by atoms with Gasteiger partial charge in [-0.15, -0.1) is 0 Å². The number of nitrogens with zero attached hydrogens (tertiary/aromatic N) is 4. The molecular weight excluding hydrogens is 433 g/mol. The van der Waals surface area contributed by atoms with E-state index in [9.17, 15) is 22.0 Å². The lowest BCUT2D eigenvalue weighted by Gasteiger charge is -2.43. The summed E-state index contributed by atoms with van der Waals surface area (Å²) >= 11 is 0. The van der Waals surface area contributed by atoms with E-state index in [1.807, 2.05) is 0 Å². The number of hydrogen-bond donors (Lipinski definition) is 1. The van der Waals surface area contributed by atoms with E-state index in [0.717, 1.165) is 38.4 Å². The van der Waals surface area contributed by atoms with Crippen molar-refractivity contribution in [2.45, 2.75) is 56.0 Å². The molecule has 1 aliphatic heterocycles. The number of nitrogen functional groups attached to an aromatic ring is 1. The molecule has 2 aliphatic carbocycles. The van der Waals surface area contributed by atoms with Gasteiger partial charge in [-0.2, -0.15) is 18.3 Å². The minimum atomic E-state index is -4.67. The lowest BCUT2D eigenvalue weighted by molar-refractivity contribution is -0.137. The Kier molecular flexibility index (Phi) is 4.97. The first kappa shape index (κ1) is 21.6. The zero-order valence-electron chi connectivity index (χ0n) is 17.4. The van der Waals surface area contributed by atoms with Crippen molar-refractivity contribution in [1.82, 2.24) is 19.7 Å². The molecule has 174 valence electrons. The molecule has 2 N–H and O–H groups in total. The van der Waals surface area contributed by atoms with E-state index < -0.39 is 30.5 Å². The summed E-state index contributed by atoms with van der Waals surface area (Å²) in [5.74, 6) is -0.262. The van der Waals surface area contributed by atoms with E-state index in [2.05, 4.69) is 15.0 Å². The number of aromatic nitrogens is 3. The second-order valence-corrected chi connectivity index (χ2v) is 9.11. The lowest BCUT2D eigenvalue weighted by atomic mass is 9.94. The smallest absolute Gasteiger partial charge is 0.383 e. The van der Waals surface area contributed by atoms with Gasteiger partial charge in [0.25, 0.3) is 6.43 Å². The summed E-state index contributed by atoms with van der Waals surface area (Å²) in [4.78, 5) is 6.02. The van der Waals surface area contributed by atoms with E-state index in [1.165, 1.54) is 10.9 Å². The first-order valence-corrected chi connectivity index (χ1v) is 10.6. The molecule has 3 heterocycles. The van der Waals surface area contributed by atoms with Crippen molar-refractivity contribution in [2.24, 2.45) is 5.92 Å². The maximum Gasteiger partial charge on any atom is 0.419 e. The molecule has 0 amide bonds. The molecule has 6 nitrogen and oxygen atoms in total. The van der Waals surface area contributed by atoms with E-state index in [-0.39, 0.29) is 22.8 Å². The molecule has 1 unspecified atom stereocenters. The Morgan fingerprint density at radius 1 is 1.25 bits per heavy atom. The van der Waals surface area contributed by atoms with Crippen LogP contribution in [0.15, 0.2) is 18.3 Å². The minimum Gasteiger partial charge on any atom is -0.383 e. The molecule has 0 spiro atoms. The van der Waals surface area contributed by atoms with Crippen LogP contribution in [-0.4, -0.2) is 58.4 Å². The van der Waals surface area contributed by atoms with Gasteiger partial charge in [-0.05, 0) is 37.3 Å². The number of ether oxygens (including phenoxy) is 1. The number of pyridine rings is 1. The fourth-order valence-electron chi connectivity index (χ4n) is 5.46. The Morgan fingerprint density at radius 3 is 2.66 bits per heavy atom. The number of anilines is 1. The number of halogens is 5. The highest BCUT2D eigenvalue weighted by atomic mass is 19.4. The van der Waals surface area contributed by atoms with Crippen LogP contribution in [0.4, 0.5) is 27.8 Å². The van der Waals surface area contributed by atoms with Gasteiger partial charge in [-0.25, -0.2) is 13.8 Å². The molecule has 1 saturated heterocycles. The molecule has 2 saturated carbocycles. The van der Waals surface area contributed by atoms with Crippen LogP contribution >= 0.6 is 0 Å². The molecule has 3 atom stereocenters. The van der Waals surface area contributed by atoms with Gasteiger partial charge in [0.05, 0.1) is 17.4 Å². The average molecular weight is 457 g/mol. The highest BCUT2D eigenvalue weighted by molar-refractivity contribution is 5.63. The van der Waals surface area contributed by atoms with Gasteiger partial charge < -0.3 is 10.5 Å². The number of hydrogen-bond acceptors (Lipinski definition) is 5. The normalized spacial score (nSPS) is 28.2. The highest BCUT2D eigenvalue weighted by Gasteiger charge is 2.64. The highest BCUT2D eigenvalue weighted by Crippen LogP contribution is 2.65. The second kappa shape index (κ2) is 7.38. The molecule has 3 fully saturated rings. The van der Waals surface area contributed by atoms with Gasteiger partial charge in [-0.3, -0.25) is 9.58 Å². The van der Waals surface area contributed by atoms with Crippen LogP contribution in [-0.2, 0) is 22.9 Å². The van der Waals surface area contributed by atoms with Crippen molar-refractivity contribution < 1.29 is 26.7 Å². The lowest BCUT2D eigenvalue weighted by Crippen LogP contribution is -2.56. The fourth-order valence-corrected chi connectivity index (χ4v) is 5.46. The Balaban J connectivity index is 1.46. The van der Waals surface area contributed by atoms with E-state index >= 15 is 0 Å². The van der Waals surface area contributed by atoms with Gasteiger partial charge in [0.2, 0.25) is 0 Å². The average Bonchev–Trinajstić information content (AvgIpc) is 3.02. The SMILES string of the molecule is COC1CN(C2C[C@@H]3C[C@@]3(c3cc(-c4cnc(N)c(C(F)(F)F)c4)nn3CC(F)F)C2)C1. The molecule has 2 aromatic heterocycles. The number of methoxy groups -OCH3 is 1. The van der Waals surface area contributed by atoms with Crippen molar-refractivity contribution in [1.29, 1.82) is 0 Å². The molecular formula is C21H24F5N5O. The topological polar surface area (TPSA) is 69.2 Å². The summed E-state index contributed by atoms with van der Waals surface area (Å²) in [7, 11) is 1.69. The van der Waals surface area contributed by atoms with Crippen LogP contribution in [0.3, 0.4) is 0 Å².